The van der Waals surface area contributed by atoms with Gasteiger partial charge < -0.3 is 0 Å². The molecule has 0 heterocycles. The van der Waals surface area contributed by atoms with E-state index in [1.165, 1.54) is 5.54 Å². The van der Waals surface area contributed by atoms with Crippen LogP contribution in [-0.2, 0) is 0 Å². The molecule has 0 aliphatic carbocycles. The van der Waals surface area contributed by atoms with Crippen molar-refractivity contribution in [1.82, 2.24) is 0 Å². The molecule has 0 saturated heterocycles. The molecule has 4 heavy (non-hydrogen) atoms. The molecule has 0 aromatic heterocycles. The van der Waals surface area contributed by atoms with E-state index >= 15 is 0 Å². The van der Waals surface area contributed by atoms with Gasteiger partial charge in [0.1, 0.15) is 0 Å². The number of rotatable bonds is 0. The van der Waals surface area contributed by atoms with E-state index in [0.29, 0.717) is 0 Å². The molecule has 0 bridgehead atoms. The maximum absolute atomic E-state index is 4.76. The molecule has 4 radical (unpaired) electrons. The predicted octanol–water partition coefficient (Wildman–Crippen LogP) is 0.988. The summed E-state index contributed by atoms with van der Waals surface area (Å²) in [6.07, 6.45) is 0. The number of hydrogen-bond acceptors (Lipinski definition) is 0. The van der Waals surface area contributed by atoms with Gasteiger partial charge in [-0.15, -0.1) is 0 Å². The first kappa shape index (κ1) is 8.88. The molecule has 0 atom stereocenters. The van der Waals surface area contributed by atoms with E-state index in [9.17, 15) is 0 Å². The van der Waals surface area contributed by atoms with Crippen molar-refractivity contribution in [3.05, 3.63) is 12.1 Å². The molecule has 0 aliphatic heterocycles. The zero-order valence-electron chi connectivity index (χ0n) is 2.16. The van der Waals surface area contributed by atoms with Crippen molar-refractivity contribution < 1.29 is 0 Å². The normalized spacial score (nSPS) is 3.25. The van der Waals surface area contributed by atoms with Gasteiger partial charge in [-0.1, -0.05) is 18.2 Å². The zero-order chi connectivity index (χ0) is 2.71. The summed E-state index contributed by atoms with van der Waals surface area (Å²) < 4.78 is 0. The van der Waals surface area contributed by atoms with Gasteiger partial charge in [-0.3, -0.25) is 0 Å². The molecule has 0 amide bonds. The smallest absolute Gasteiger partial charge is 0 e. The second-order valence-electron chi connectivity index (χ2n) is 0.154. The van der Waals surface area contributed by atoms with Crippen molar-refractivity contribution in [3.63, 3.8) is 0 Å². The molecule has 0 unspecified atom stereocenters. The van der Waals surface area contributed by atoms with Crippen molar-refractivity contribution in [2.75, 3.05) is 0 Å². The number of hydrogen-bond donors (Lipinski definition) is 0. The van der Waals surface area contributed by atoms with Crippen LogP contribution in [0.2, 0.25) is 0 Å². The Morgan fingerprint density at radius 1 is 1.75 bits per heavy atom. The van der Waals surface area contributed by atoms with Gasteiger partial charge in [0.25, 0.3) is 0 Å². The van der Waals surface area contributed by atoms with Gasteiger partial charge in [0, 0.05) is 27.3 Å². The van der Waals surface area contributed by atoms with Crippen molar-refractivity contribution in [2.24, 2.45) is 0 Å². The third-order valence-electron chi connectivity index (χ3n) is 0. The van der Waals surface area contributed by atoms with Crippen molar-refractivity contribution >= 4 is 38.9 Å². The summed E-state index contributed by atoms with van der Waals surface area (Å²) in [5.41, 5.74) is 1.22. The monoisotopic (exact) mass is 270 g/mol. The Hall–Kier alpha value is 0.952. The number of halogens is 1. The first-order chi connectivity index (χ1) is 1.41. The molecule has 22 valence electrons. The van der Waals surface area contributed by atoms with Crippen LogP contribution in [-0.4, -0.2) is 27.3 Å². The third kappa shape index (κ3) is 12.4. The standard InChI is InChI=1S/C2H3Cl.Pb/c1-2-3;/h2H,1H2;. The topological polar surface area (TPSA) is 0 Å². The Morgan fingerprint density at radius 2 is 1.75 bits per heavy atom. The van der Waals surface area contributed by atoms with E-state index in [2.05, 4.69) is 6.58 Å². The van der Waals surface area contributed by atoms with Crippen LogP contribution in [0.3, 0.4) is 0 Å². The van der Waals surface area contributed by atoms with Crippen LogP contribution in [0.4, 0.5) is 0 Å². The van der Waals surface area contributed by atoms with Gasteiger partial charge in [0.2, 0.25) is 0 Å². The van der Waals surface area contributed by atoms with E-state index in [0.717, 1.165) is 0 Å². The third-order valence-corrected chi connectivity index (χ3v) is 0. The summed E-state index contributed by atoms with van der Waals surface area (Å²) in [7, 11) is 0. The quantitative estimate of drug-likeness (QED) is 0.576. The average Bonchev–Trinajstić information content (AvgIpc) is 0.918. The molecule has 0 spiro atoms. The van der Waals surface area contributed by atoms with Gasteiger partial charge >= 0.3 is 0 Å². The van der Waals surface area contributed by atoms with Crippen LogP contribution in [0.15, 0.2) is 12.1 Å². The maximum atomic E-state index is 4.76. The fourth-order valence-corrected chi connectivity index (χ4v) is 0. The van der Waals surface area contributed by atoms with Crippen molar-refractivity contribution in [3.8, 4) is 0 Å². The summed E-state index contributed by atoms with van der Waals surface area (Å²) in [5.74, 6) is 0. The second kappa shape index (κ2) is 9.04. The second-order valence-corrected chi connectivity index (χ2v) is 0.463. The molecule has 0 aromatic carbocycles. The van der Waals surface area contributed by atoms with Gasteiger partial charge in [0.15, 0.2) is 0 Å². The summed E-state index contributed by atoms with van der Waals surface area (Å²) in [6.45, 7) is 3.13. The van der Waals surface area contributed by atoms with Crippen molar-refractivity contribution in [2.45, 2.75) is 0 Å². The van der Waals surface area contributed by atoms with Crippen LogP contribution in [0.1, 0.15) is 0 Å². The minimum Gasteiger partial charge on any atom is -0.0936 e. The molecule has 0 saturated carbocycles. The Morgan fingerprint density at radius 3 is 1.75 bits per heavy atom. The SMILES string of the molecule is C=CCl.[Pb]. The van der Waals surface area contributed by atoms with E-state index < -0.39 is 0 Å². The summed E-state index contributed by atoms with van der Waals surface area (Å²) in [4.78, 5) is 0. The van der Waals surface area contributed by atoms with Gasteiger partial charge in [-0.2, -0.15) is 0 Å². The average molecular weight is 270 g/mol. The van der Waals surface area contributed by atoms with E-state index in [1.807, 2.05) is 0 Å². The van der Waals surface area contributed by atoms with Gasteiger partial charge in [-0.25, -0.2) is 0 Å². The summed E-state index contributed by atoms with van der Waals surface area (Å²) in [6, 6.07) is 0. The molecular formula is C2H3ClPb. The maximum Gasteiger partial charge on any atom is 0 e. The van der Waals surface area contributed by atoms with Crippen LogP contribution in [0.25, 0.3) is 0 Å². The predicted molar refractivity (Wildman–Crippen MR) is 21.8 cm³/mol. The zero-order valence-corrected chi connectivity index (χ0v) is 6.81. The molecule has 0 fully saturated rings. The molecule has 0 N–H and O–H groups in total. The molecule has 0 nitrogen and oxygen atoms in total. The summed E-state index contributed by atoms with van der Waals surface area (Å²) >= 11 is 4.76. The minimum absolute atomic E-state index is 0. The van der Waals surface area contributed by atoms with Crippen LogP contribution >= 0.6 is 11.6 Å². The molecule has 0 rings (SSSR count). The van der Waals surface area contributed by atoms with Crippen LogP contribution in [0, 0.1) is 0 Å². The van der Waals surface area contributed by atoms with E-state index in [4.69, 9.17) is 11.6 Å². The molecular weight excluding hydrogens is 267 g/mol. The summed E-state index contributed by atoms with van der Waals surface area (Å²) in [5, 5.41) is 0. The molecule has 2 heteroatoms. The molecule has 0 aliphatic rings. The largest absolute Gasteiger partial charge is 0.0936 e. The van der Waals surface area contributed by atoms with Gasteiger partial charge in [0.05, 0.1) is 0 Å². The molecule has 0 aromatic rings. The fourth-order valence-electron chi connectivity index (χ4n) is 0. The van der Waals surface area contributed by atoms with E-state index in [-0.39, 0.29) is 27.3 Å². The van der Waals surface area contributed by atoms with Crippen LogP contribution in [0.5, 0.6) is 0 Å². The first-order valence-electron chi connectivity index (χ1n) is 0.626. The van der Waals surface area contributed by atoms with Crippen molar-refractivity contribution in [1.29, 1.82) is 0 Å². The Bertz CT molecular complexity index is 13.5. The first-order valence-corrected chi connectivity index (χ1v) is 1.06. The Kier molecular flexibility index (Phi) is 20.1. The van der Waals surface area contributed by atoms with Crippen LogP contribution < -0.4 is 0 Å². The fraction of sp³-hybridized carbons (Fsp3) is 0. The van der Waals surface area contributed by atoms with E-state index in [1.54, 1.807) is 0 Å². The van der Waals surface area contributed by atoms with Gasteiger partial charge in [-0.05, 0) is 5.54 Å². The Labute approximate surface area is 51.0 Å². The minimum atomic E-state index is 0. The Balaban J connectivity index is 0.